The van der Waals surface area contributed by atoms with E-state index in [1.807, 2.05) is 0 Å². The maximum Gasteiger partial charge on any atom is 0.329 e. The second-order valence-corrected chi connectivity index (χ2v) is 5.82. The highest BCUT2D eigenvalue weighted by Gasteiger charge is 2.11. The molecule has 0 aromatic heterocycles. The molecule has 0 spiro atoms. The molecule has 2 aromatic carbocycles. The van der Waals surface area contributed by atoms with Gasteiger partial charge in [0.05, 0.1) is 18.2 Å². The molecule has 0 atom stereocenters. The van der Waals surface area contributed by atoms with Crippen molar-refractivity contribution in [3.05, 3.63) is 76.4 Å². The van der Waals surface area contributed by atoms with E-state index < -0.39 is 16.7 Å². The van der Waals surface area contributed by atoms with Crippen molar-refractivity contribution in [2.45, 2.75) is 6.61 Å². The molecule has 0 aliphatic carbocycles. The Balaban J connectivity index is 1.96. The zero-order chi connectivity index (χ0) is 21.9. The summed E-state index contributed by atoms with van der Waals surface area (Å²) < 4.78 is 11.0. The lowest BCUT2D eigenvalue weighted by atomic mass is 10.2. The number of hydrogen-bond donors (Lipinski definition) is 2. The summed E-state index contributed by atoms with van der Waals surface area (Å²) in [6.45, 7) is 3.80. The Kier molecular flexibility index (Phi) is 8.06. The smallest absolute Gasteiger partial charge is 0.329 e. The number of amides is 2. The van der Waals surface area contributed by atoms with E-state index >= 15 is 0 Å². The number of hydrogen-bond acceptors (Lipinski definition) is 7. The first kappa shape index (κ1) is 22.1. The highest BCUT2D eigenvalue weighted by molar-refractivity contribution is 6.35. The molecule has 30 heavy (non-hydrogen) atoms. The first-order chi connectivity index (χ1) is 14.4. The minimum absolute atomic E-state index is 0.00486. The number of carbonyl (C=O) groups excluding carboxylic acids is 2. The topological polar surface area (TPSA) is 132 Å². The van der Waals surface area contributed by atoms with Crippen LogP contribution < -0.4 is 20.2 Å². The molecule has 0 aliphatic rings. The summed E-state index contributed by atoms with van der Waals surface area (Å²) in [7, 11) is 1.47. The van der Waals surface area contributed by atoms with Crippen LogP contribution in [-0.2, 0) is 16.2 Å². The molecule has 0 saturated heterocycles. The lowest BCUT2D eigenvalue weighted by molar-refractivity contribution is -0.384. The van der Waals surface area contributed by atoms with Gasteiger partial charge in [-0.15, -0.1) is 6.58 Å². The van der Waals surface area contributed by atoms with Gasteiger partial charge in [-0.1, -0.05) is 6.08 Å². The normalized spacial score (nSPS) is 10.3. The summed E-state index contributed by atoms with van der Waals surface area (Å²) in [5.41, 5.74) is 3.47. The number of carbonyl (C=O) groups is 2. The van der Waals surface area contributed by atoms with E-state index in [0.717, 1.165) is 5.56 Å². The second-order valence-electron chi connectivity index (χ2n) is 5.82. The third-order valence-corrected chi connectivity index (χ3v) is 3.72. The van der Waals surface area contributed by atoms with Crippen molar-refractivity contribution >= 4 is 23.7 Å². The Labute approximate surface area is 172 Å². The van der Waals surface area contributed by atoms with Crippen molar-refractivity contribution in [1.82, 2.24) is 10.7 Å². The fourth-order valence-corrected chi connectivity index (χ4v) is 2.22. The lowest BCUT2D eigenvalue weighted by Crippen LogP contribution is -2.37. The predicted octanol–water partition coefficient (Wildman–Crippen LogP) is 1.93. The molecule has 0 aliphatic heterocycles. The molecule has 0 unspecified atom stereocenters. The Bertz CT molecular complexity index is 956. The van der Waals surface area contributed by atoms with E-state index in [1.54, 1.807) is 30.3 Å². The van der Waals surface area contributed by atoms with Gasteiger partial charge < -0.3 is 14.8 Å². The monoisotopic (exact) mass is 412 g/mol. The standard InChI is InChI=1S/C20H20N4O6/c1-3-10-21-19(25)20(26)23-22-12-15-6-9-17(18(11-15)29-2)30-13-14-4-7-16(8-5-14)24(27)28/h3-9,11-12H,1,10,13H2,2H3,(H,21,25)(H,23,26)/b22-12-. The van der Waals surface area contributed by atoms with Gasteiger partial charge in [-0.25, -0.2) is 5.43 Å². The van der Waals surface area contributed by atoms with Gasteiger partial charge in [-0.2, -0.15) is 5.10 Å². The number of nitrogens with one attached hydrogen (secondary N) is 2. The van der Waals surface area contributed by atoms with E-state index in [4.69, 9.17) is 9.47 Å². The summed E-state index contributed by atoms with van der Waals surface area (Å²) in [6.07, 6.45) is 2.80. The predicted molar refractivity (Wildman–Crippen MR) is 109 cm³/mol. The van der Waals surface area contributed by atoms with Crippen molar-refractivity contribution in [2.24, 2.45) is 5.10 Å². The van der Waals surface area contributed by atoms with Crippen LogP contribution in [0.15, 0.2) is 60.2 Å². The van der Waals surface area contributed by atoms with Crippen molar-refractivity contribution < 1.29 is 24.0 Å². The van der Waals surface area contributed by atoms with Crippen molar-refractivity contribution in [2.75, 3.05) is 13.7 Å². The Morgan fingerprint density at radius 2 is 1.90 bits per heavy atom. The minimum atomic E-state index is -0.900. The van der Waals surface area contributed by atoms with Gasteiger partial charge >= 0.3 is 11.8 Å². The van der Waals surface area contributed by atoms with Crippen LogP contribution in [0.3, 0.4) is 0 Å². The van der Waals surface area contributed by atoms with E-state index in [1.165, 1.54) is 31.5 Å². The fraction of sp³-hybridized carbons (Fsp3) is 0.150. The van der Waals surface area contributed by atoms with Crippen LogP contribution in [0.1, 0.15) is 11.1 Å². The average molecular weight is 412 g/mol. The first-order valence-corrected chi connectivity index (χ1v) is 8.71. The van der Waals surface area contributed by atoms with Gasteiger partial charge in [-0.3, -0.25) is 19.7 Å². The molecule has 10 nitrogen and oxygen atoms in total. The number of methoxy groups -OCH3 is 1. The number of ether oxygens (including phenoxy) is 2. The second kappa shape index (κ2) is 11.0. The number of hydrazone groups is 1. The van der Waals surface area contributed by atoms with Crippen LogP contribution in [0.5, 0.6) is 11.5 Å². The fourth-order valence-electron chi connectivity index (χ4n) is 2.22. The molecule has 0 radical (unpaired) electrons. The molecule has 0 fully saturated rings. The van der Waals surface area contributed by atoms with Crippen LogP contribution in [0, 0.1) is 10.1 Å². The zero-order valence-electron chi connectivity index (χ0n) is 16.2. The van der Waals surface area contributed by atoms with E-state index in [0.29, 0.717) is 17.1 Å². The number of non-ortho nitro benzene ring substituents is 1. The SMILES string of the molecule is C=CCNC(=O)C(=O)N/N=C\c1ccc(OCc2ccc([N+](=O)[O-])cc2)c(OC)c1. The number of benzene rings is 2. The molecule has 2 amide bonds. The molecule has 2 N–H and O–H groups in total. The lowest BCUT2D eigenvalue weighted by Gasteiger charge is -2.11. The maximum absolute atomic E-state index is 11.5. The van der Waals surface area contributed by atoms with Crippen LogP contribution in [-0.4, -0.2) is 36.6 Å². The van der Waals surface area contributed by atoms with Crippen molar-refractivity contribution in [1.29, 1.82) is 0 Å². The van der Waals surface area contributed by atoms with Crippen molar-refractivity contribution in [3.8, 4) is 11.5 Å². The van der Waals surface area contributed by atoms with E-state index in [2.05, 4.69) is 22.4 Å². The molecule has 2 rings (SSSR count). The molecule has 0 heterocycles. The van der Waals surface area contributed by atoms with Crippen molar-refractivity contribution in [3.63, 3.8) is 0 Å². The third-order valence-electron chi connectivity index (χ3n) is 3.72. The highest BCUT2D eigenvalue weighted by atomic mass is 16.6. The molecule has 10 heteroatoms. The number of nitro benzene ring substituents is 1. The first-order valence-electron chi connectivity index (χ1n) is 8.71. The maximum atomic E-state index is 11.5. The highest BCUT2D eigenvalue weighted by Crippen LogP contribution is 2.28. The summed E-state index contributed by atoms with van der Waals surface area (Å²) in [5.74, 6) is -0.834. The average Bonchev–Trinajstić information content (AvgIpc) is 2.76. The Morgan fingerprint density at radius 1 is 1.17 bits per heavy atom. The number of nitrogens with zero attached hydrogens (tertiary/aromatic N) is 2. The van der Waals surface area contributed by atoms with Gasteiger partial charge in [0.2, 0.25) is 0 Å². The van der Waals surface area contributed by atoms with Crippen LogP contribution in [0.25, 0.3) is 0 Å². The van der Waals surface area contributed by atoms with Gasteiger partial charge in [0.1, 0.15) is 6.61 Å². The summed E-state index contributed by atoms with van der Waals surface area (Å²) in [6, 6.07) is 11.0. The Hall–Kier alpha value is -4.21. The third kappa shape index (κ3) is 6.44. The number of rotatable bonds is 9. The molecule has 156 valence electrons. The van der Waals surface area contributed by atoms with Crippen LogP contribution in [0.4, 0.5) is 5.69 Å². The van der Waals surface area contributed by atoms with E-state index in [-0.39, 0.29) is 18.8 Å². The minimum Gasteiger partial charge on any atom is -0.493 e. The van der Waals surface area contributed by atoms with Gasteiger partial charge in [0.15, 0.2) is 11.5 Å². The largest absolute Gasteiger partial charge is 0.493 e. The summed E-state index contributed by atoms with van der Waals surface area (Å²) in [4.78, 5) is 33.2. The molecular formula is C20H20N4O6. The van der Waals surface area contributed by atoms with Gasteiger partial charge in [0, 0.05) is 18.7 Å². The molecule has 0 saturated carbocycles. The van der Waals surface area contributed by atoms with E-state index in [9.17, 15) is 19.7 Å². The van der Waals surface area contributed by atoms with Crippen LogP contribution >= 0.6 is 0 Å². The zero-order valence-corrected chi connectivity index (χ0v) is 16.2. The quantitative estimate of drug-likeness (QED) is 0.213. The molecule has 2 aromatic rings. The number of nitro groups is 1. The molecule has 0 bridgehead atoms. The summed E-state index contributed by atoms with van der Waals surface area (Å²) in [5, 5.41) is 16.8. The van der Waals surface area contributed by atoms with Crippen LogP contribution in [0.2, 0.25) is 0 Å². The van der Waals surface area contributed by atoms with Gasteiger partial charge in [-0.05, 0) is 41.5 Å². The summed E-state index contributed by atoms with van der Waals surface area (Å²) >= 11 is 0. The Morgan fingerprint density at radius 3 is 2.53 bits per heavy atom. The molecular weight excluding hydrogens is 392 g/mol. The van der Waals surface area contributed by atoms with Gasteiger partial charge in [0.25, 0.3) is 5.69 Å².